The Morgan fingerprint density at radius 3 is 2.44 bits per heavy atom. The molecule has 1 atom stereocenters. The standard InChI is InChI=1S/C19H29N3O4S/c1-4-15-5-7-17(8-6-15)27(24,25)22-11-9-19(10-12-22)13-16(14-26-19)20-18(23)21(2)3/h5-8,16H,4,9-14H2,1-3H3,(H,20,23)/t16-/m1/s1. The molecule has 3 rings (SSSR count). The molecule has 0 aliphatic carbocycles. The summed E-state index contributed by atoms with van der Waals surface area (Å²) in [6.07, 6.45) is 2.91. The molecule has 150 valence electrons. The zero-order valence-corrected chi connectivity index (χ0v) is 17.1. The molecular weight excluding hydrogens is 366 g/mol. The lowest BCUT2D eigenvalue weighted by Crippen LogP contribution is -2.47. The predicted molar refractivity (Wildman–Crippen MR) is 103 cm³/mol. The minimum Gasteiger partial charge on any atom is -0.373 e. The van der Waals surface area contributed by atoms with E-state index >= 15 is 0 Å². The fraction of sp³-hybridized carbons (Fsp3) is 0.632. The molecule has 7 nitrogen and oxygen atoms in total. The van der Waals surface area contributed by atoms with E-state index in [4.69, 9.17) is 4.74 Å². The second-order valence-corrected chi connectivity index (χ2v) is 9.58. The first-order valence-electron chi connectivity index (χ1n) is 9.47. The zero-order valence-electron chi connectivity index (χ0n) is 16.3. The molecule has 2 heterocycles. The van der Waals surface area contributed by atoms with Crippen molar-refractivity contribution >= 4 is 16.1 Å². The molecule has 27 heavy (non-hydrogen) atoms. The fourth-order valence-electron chi connectivity index (χ4n) is 3.77. The van der Waals surface area contributed by atoms with Gasteiger partial charge in [0.1, 0.15) is 0 Å². The maximum Gasteiger partial charge on any atom is 0.317 e. The van der Waals surface area contributed by atoms with Crippen molar-refractivity contribution < 1.29 is 17.9 Å². The van der Waals surface area contributed by atoms with Crippen molar-refractivity contribution in [2.75, 3.05) is 33.8 Å². The lowest BCUT2D eigenvalue weighted by molar-refractivity contribution is -0.0311. The summed E-state index contributed by atoms with van der Waals surface area (Å²) in [6, 6.07) is 6.97. The van der Waals surface area contributed by atoms with Crippen LogP contribution in [0.3, 0.4) is 0 Å². The van der Waals surface area contributed by atoms with Crippen molar-refractivity contribution in [3.8, 4) is 0 Å². The molecule has 0 unspecified atom stereocenters. The Kier molecular flexibility index (Phi) is 5.79. The number of hydrogen-bond donors (Lipinski definition) is 1. The topological polar surface area (TPSA) is 79.0 Å². The van der Waals surface area contributed by atoms with Gasteiger partial charge < -0.3 is 15.0 Å². The van der Waals surface area contributed by atoms with Gasteiger partial charge in [-0.1, -0.05) is 19.1 Å². The summed E-state index contributed by atoms with van der Waals surface area (Å²) in [5.74, 6) is 0. The summed E-state index contributed by atoms with van der Waals surface area (Å²) in [5, 5.41) is 2.96. The fourth-order valence-corrected chi connectivity index (χ4v) is 5.21. The number of piperidine rings is 1. The van der Waals surface area contributed by atoms with E-state index in [0.29, 0.717) is 37.4 Å². The Balaban J connectivity index is 1.60. The predicted octanol–water partition coefficient (Wildman–Crippen LogP) is 1.83. The van der Waals surface area contributed by atoms with Crippen molar-refractivity contribution in [1.82, 2.24) is 14.5 Å². The molecule has 0 radical (unpaired) electrons. The minimum absolute atomic E-state index is 0.0235. The summed E-state index contributed by atoms with van der Waals surface area (Å²) in [7, 11) is -0.0643. The van der Waals surface area contributed by atoms with Crippen molar-refractivity contribution in [3.05, 3.63) is 29.8 Å². The van der Waals surface area contributed by atoms with Gasteiger partial charge in [0.25, 0.3) is 0 Å². The van der Waals surface area contributed by atoms with E-state index in [9.17, 15) is 13.2 Å². The number of benzene rings is 1. The second kappa shape index (κ2) is 7.77. The average molecular weight is 396 g/mol. The number of amides is 2. The van der Waals surface area contributed by atoms with Crippen LogP contribution in [0, 0.1) is 0 Å². The molecule has 0 bridgehead atoms. The van der Waals surface area contributed by atoms with Gasteiger partial charge in [0.2, 0.25) is 10.0 Å². The highest BCUT2D eigenvalue weighted by Crippen LogP contribution is 2.37. The molecular formula is C19H29N3O4S. The number of carbonyl (C=O) groups is 1. The van der Waals surface area contributed by atoms with Crippen LogP contribution < -0.4 is 5.32 Å². The summed E-state index contributed by atoms with van der Waals surface area (Å²) in [6.45, 7) is 3.40. The van der Waals surface area contributed by atoms with Crippen molar-refractivity contribution in [2.24, 2.45) is 0 Å². The Labute approximate surface area is 161 Å². The SMILES string of the molecule is CCc1ccc(S(=O)(=O)N2CCC3(CC2)C[C@@H](NC(=O)N(C)C)CO3)cc1. The number of hydrogen-bond acceptors (Lipinski definition) is 4. The van der Waals surface area contributed by atoms with Crippen LogP contribution in [0.4, 0.5) is 4.79 Å². The second-order valence-electron chi connectivity index (χ2n) is 7.64. The van der Waals surface area contributed by atoms with Crippen LogP contribution in [0.1, 0.15) is 31.7 Å². The molecule has 2 aliphatic rings. The van der Waals surface area contributed by atoms with Gasteiger partial charge in [-0.2, -0.15) is 4.31 Å². The number of aryl methyl sites for hydroxylation is 1. The Bertz CT molecular complexity index is 769. The largest absolute Gasteiger partial charge is 0.373 e. The van der Waals surface area contributed by atoms with Crippen molar-refractivity contribution in [3.63, 3.8) is 0 Å². The Hall–Kier alpha value is -1.64. The van der Waals surface area contributed by atoms with E-state index in [0.717, 1.165) is 18.4 Å². The zero-order chi connectivity index (χ0) is 19.7. The first kappa shape index (κ1) is 20.1. The van der Waals surface area contributed by atoms with E-state index in [1.807, 2.05) is 19.1 Å². The van der Waals surface area contributed by atoms with Crippen LogP contribution in [-0.4, -0.2) is 69.1 Å². The maximum absolute atomic E-state index is 12.9. The average Bonchev–Trinajstić information content (AvgIpc) is 3.04. The first-order chi connectivity index (χ1) is 12.8. The number of ether oxygens (including phenoxy) is 1. The highest BCUT2D eigenvalue weighted by molar-refractivity contribution is 7.89. The lowest BCUT2D eigenvalue weighted by Gasteiger charge is -2.38. The lowest BCUT2D eigenvalue weighted by atomic mass is 9.88. The number of carbonyl (C=O) groups excluding carboxylic acids is 1. The Morgan fingerprint density at radius 1 is 1.26 bits per heavy atom. The molecule has 0 aromatic heterocycles. The molecule has 2 fully saturated rings. The summed E-state index contributed by atoms with van der Waals surface area (Å²) in [5.41, 5.74) is 0.791. The van der Waals surface area contributed by atoms with Crippen molar-refractivity contribution in [2.45, 2.75) is 49.1 Å². The van der Waals surface area contributed by atoms with Crippen molar-refractivity contribution in [1.29, 1.82) is 0 Å². The first-order valence-corrected chi connectivity index (χ1v) is 10.9. The molecule has 2 amide bonds. The van der Waals surface area contributed by atoms with E-state index in [1.54, 1.807) is 30.5 Å². The summed E-state index contributed by atoms with van der Waals surface area (Å²) >= 11 is 0. The van der Waals surface area contributed by atoms with Gasteiger partial charge in [0.15, 0.2) is 0 Å². The molecule has 1 aromatic rings. The third kappa shape index (κ3) is 4.28. The molecule has 1 aromatic carbocycles. The molecule has 0 saturated carbocycles. The summed E-state index contributed by atoms with van der Waals surface area (Å²) < 4.78 is 33.4. The number of urea groups is 1. The van der Waals surface area contributed by atoms with E-state index in [2.05, 4.69) is 5.32 Å². The number of rotatable bonds is 4. The van der Waals surface area contributed by atoms with Crippen LogP contribution in [0.5, 0.6) is 0 Å². The maximum atomic E-state index is 12.9. The number of nitrogens with zero attached hydrogens (tertiary/aromatic N) is 2. The molecule has 1 N–H and O–H groups in total. The van der Waals surface area contributed by atoms with Gasteiger partial charge in [0, 0.05) is 27.2 Å². The van der Waals surface area contributed by atoms with E-state index < -0.39 is 10.0 Å². The molecule has 2 saturated heterocycles. The summed E-state index contributed by atoms with van der Waals surface area (Å²) in [4.78, 5) is 13.7. The van der Waals surface area contributed by atoms with Gasteiger partial charge in [-0.25, -0.2) is 13.2 Å². The van der Waals surface area contributed by atoms with E-state index in [-0.39, 0.29) is 17.7 Å². The van der Waals surface area contributed by atoms with E-state index in [1.165, 1.54) is 4.90 Å². The molecule has 2 aliphatic heterocycles. The quantitative estimate of drug-likeness (QED) is 0.844. The normalized spacial score (nSPS) is 22.7. The molecule has 1 spiro atoms. The number of sulfonamides is 1. The molecule has 8 heteroatoms. The van der Waals surface area contributed by atoms with Crippen LogP contribution >= 0.6 is 0 Å². The monoisotopic (exact) mass is 395 g/mol. The minimum atomic E-state index is -3.48. The van der Waals surface area contributed by atoms with Crippen LogP contribution in [-0.2, 0) is 21.2 Å². The van der Waals surface area contributed by atoms with Crippen LogP contribution in [0.15, 0.2) is 29.2 Å². The van der Waals surface area contributed by atoms with Gasteiger partial charge in [-0.3, -0.25) is 0 Å². The third-order valence-electron chi connectivity index (χ3n) is 5.55. The highest BCUT2D eigenvalue weighted by Gasteiger charge is 2.45. The third-order valence-corrected chi connectivity index (χ3v) is 7.46. The van der Waals surface area contributed by atoms with Crippen LogP contribution in [0.2, 0.25) is 0 Å². The van der Waals surface area contributed by atoms with Gasteiger partial charge >= 0.3 is 6.03 Å². The Morgan fingerprint density at radius 2 is 1.89 bits per heavy atom. The smallest absolute Gasteiger partial charge is 0.317 e. The van der Waals surface area contributed by atoms with Gasteiger partial charge in [-0.05, 0) is 43.4 Å². The van der Waals surface area contributed by atoms with Gasteiger partial charge in [-0.15, -0.1) is 0 Å². The van der Waals surface area contributed by atoms with Gasteiger partial charge in [0.05, 0.1) is 23.1 Å². The highest BCUT2D eigenvalue weighted by atomic mass is 32.2. The number of nitrogens with one attached hydrogen (secondary N) is 1. The van der Waals surface area contributed by atoms with Crippen LogP contribution in [0.25, 0.3) is 0 Å².